The smallest absolute Gasteiger partial charge is 0.0558 e. The fraction of sp³-hybridized carbons (Fsp3) is 0.920. The van der Waals surface area contributed by atoms with E-state index >= 15 is 0 Å². The van der Waals surface area contributed by atoms with Crippen molar-refractivity contribution in [1.29, 1.82) is 0 Å². The molecule has 27 heavy (non-hydrogen) atoms. The summed E-state index contributed by atoms with van der Waals surface area (Å²) in [7, 11) is 2.18. The van der Waals surface area contributed by atoms with E-state index in [1.54, 1.807) is 0 Å². The number of nitrogens with zero attached hydrogens (tertiary/aromatic N) is 1. The van der Waals surface area contributed by atoms with Crippen molar-refractivity contribution in [2.75, 3.05) is 13.6 Å². The second-order valence-corrected chi connectivity index (χ2v) is 8.89. The number of hydrogen-bond donors (Lipinski definition) is 1. The molecule has 0 unspecified atom stereocenters. The summed E-state index contributed by atoms with van der Waals surface area (Å²) in [6.45, 7) is 3.42. The van der Waals surface area contributed by atoms with Crippen LogP contribution in [-0.2, 0) is 0 Å². The zero-order chi connectivity index (χ0) is 19.6. The Morgan fingerprint density at radius 3 is 1.78 bits per heavy atom. The van der Waals surface area contributed by atoms with Gasteiger partial charge in [-0.1, -0.05) is 115 Å². The average Bonchev–Trinajstić information content (AvgIpc) is 2.66. The minimum absolute atomic E-state index is 0.123. The van der Waals surface area contributed by atoms with Crippen LogP contribution in [0.1, 0.15) is 122 Å². The maximum absolute atomic E-state index is 10.3. The predicted molar refractivity (Wildman–Crippen MR) is 120 cm³/mol. The lowest BCUT2D eigenvalue weighted by Crippen LogP contribution is -2.35. The standard InChI is InChI=1S/C25H49NO/c1-3-4-5-6-7-8-9-10-11-12-13-14-15-16-17-21-25(27)23-24-20-18-19-22-26(24)2/h18,20,24-25,27H,3-17,19,21-23H2,1-2H3/t24-,25+/m0/s1. The van der Waals surface area contributed by atoms with Crippen LogP contribution in [0.2, 0.25) is 0 Å². The van der Waals surface area contributed by atoms with Crippen LogP contribution in [0, 0.1) is 0 Å². The molecule has 0 amide bonds. The fourth-order valence-corrected chi connectivity index (χ4v) is 4.25. The van der Waals surface area contributed by atoms with E-state index in [4.69, 9.17) is 0 Å². The van der Waals surface area contributed by atoms with E-state index in [0.717, 1.165) is 25.8 Å². The zero-order valence-electron chi connectivity index (χ0n) is 18.6. The lowest BCUT2D eigenvalue weighted by atomic mass is 9.99. The lowest BCUT2D eigenvalue weighted by molar-refractivity contribution is 0.116. The van der Waals surface area contributed by atoms with Crippen LogP contribution < -0.4 is 0 Å². The first kappa shape index (κ1) is 24.7. The van der Waals surface area contributed by atoms with Gasteiger partial charge in [0.05, 0.1) is 6.10 Å². The van der Waals surface area contributed by atoms with Crippen molar-refractivity contribution in [1.82, 2.24) is 4.90 Å². The van der Waals surface area contributed by atoms with E-state index in [2.05, 4.69) is 31.0 Å². The average molecular weight is 380 g/mol. The van der Waals surface area contributed by atoms with E-state index in [-0.39, 0.29) is 6.10 Å². The second-order valence-electron chi connectivity index (χ2n) is 8.89. The molecule has 0 radical (unpaired) electrons. The molecule has 0 spiro atoms. The van der Waals surface area contributed by atoms with Crippen molar-refractivity contribution in [3.63, 3.8) is 0 Å². The third-order valence-electron chi connectivity index (χ3n) is 6.23. The SMILES string of the molecule is CCCCCCCCCCCCCCCCC[C@@H](O)C[C@@H]1C=CCCN1C. The molecule has 1 rings (SSSR count). The highest BCUT2D eigenvalue weighted by molar-refractivity contribution is 4.99. The summed E-state index contributed by atoms with van der Waals surface area (Å²) in [4.78, 5) is 2.37. The van der Waals surface area contributed by atoms with Gasteiger partial charge in [-0.05, 0) is 26.3 Å². The minimum atomic E-state index is -0.123. The predicted octanol–water partition coefficient (Wildman–Crippen LogP) is 7.26. The van der Waals surface area contributed by atoms with Crippen LogP contribution in [0.15, 0.2) is 12.2 Å². The van der Waals surface area contributed by atoms with Crippen molar-refractivity contribution >= 4 is 0 Å². The van der Waals surface area contributed by atoms with Gasteiger partial charge in [0.25, 0.3) is 0 Å². The first-order valence-electron chi connectivity index (χ1n) is 12.3. The van der Waals surface area contributed by atoms with Crippen molar-refractivity contribution in [3.8, 4) is 0 Å². The summed E-state index contributed by atoms with van der Waals surface area (Å²) >= 11 is 0. The topological polar surface area (TPSA) is 23.5 Å². The molecule has 0 saturated heterocycles. The van der Waals surface area contributed by atoms with Gasteiger partial charge in [0.15, 0.2) is 0 Å². The highest BCUT2D eigenvalue weighted by Crippen LogP contribution is 2.17. The summed E-state index contributed by atoms with van der Waals surface area (Å²) < 4.78 is 0. The summed E-state index contributed by atoms with van der Waals surface area (Å²) in [6.07, 6.45) is 28.5. The molecule has 0 aliphatic carbocycles. The number of aliphatic hydroxyl groups excluding tert-OH is 1. The number of unbranched alkanes of at least 4 members (excludes halogenated alkanes) is 14. The van der Waals surface area contributed by atoms with Crippen molar-refractivity contribution in [2.45, 2.75) is 135 Å². The highest BCUT2D eigenvalue weighted by atomic mass is 16.3. The number of rotatable bonds is 18. The molecule has 1 aliphatic rings. The van der Waals surface area contributed by atoms with Crippen molar-refractivity contribution in [2.24, 2.45) is 0 Å². The maximum atomic E-state index is 10.3. The van der Waals surface area contributed by atoms with E-state index in [0.29, 0.717) is 6.04 Å². The number of likely N-dealkylation sites (N-methyl/N-ethyl adjacent to an activating group) is 1. The van der Waals surface area contributed by atoms with Gasteiger partial charge in [0, 0.05) is 12.6 Å². The first-order valence-corrected chi connectivity index (χ1v) is 12.3. The molecule has 0 aromatic rings. The van der Waals surface area contributed by atoms with Crippen LogP contribution in [0.4, 0.5) is 0 Å². The Morgan fingerprint density at radius 2 is 1.30 bits per heavy atom. The van der Waals surface area contributed by atoms with Gasteiger partial charge in [-0.25, -0.2) is 0 Å². The summed E-state index contributed by atoms with van der Waals surface area (Å²) in [5, 5.41) is 10.3. The monoisotopic (exact) mass is 379 g/mol. The summed E-state index contributed by atoms with van der Waals surface area (Å²) in [5.74, 6) is 0. The molecular weight excluding hydrogens is 330 g/mol. The van der Waals surface area contributed by atoms with Gasteiger partial charge in [0.2, 0.25) is 0 Å². The maximum Gasteiger partial charge on any atom is 0.0558 e. The van der Waals surface area contributed by atoms with Crippen LogP contribution in [0.3, 0.4) is 0 Å². The molecular formula is C25H49NO. The van der Waals surface area contributed by atoms with E-state index in [1.807, 2.05) is 0 Å². The Kier molecular flexibility index (Phi) is 16.2. The first-order chi connectivity index (χ1) is 13.2. The van der Waals surface area contributed by atoms with Crippen LogP contribution in [-0.4, -0.2) is 35.7 Å². The summed E-state index contributed by atoms with van der Waals surface area (Å²) in [5.41, 5.74) is 0. The molecule has 1 heterocycles. The molecule has 1 aliphatic heterocycles. The van der Waals surface area contributed by atoms with E-state index in [1.165, 1.54) is 96.3 Å². The van der Waals surface area contributed by atoms with E-state index < -0.39 is 0 Å². The van der Waals surface area contributed by atoms with Crippen molar-refractivity contribution in [3.05, 3.63) is 12.2 Å². The Bertz CT molecular complexity index is 341. The largest absolute Gasteiger partial charge is 0.393 e. The Hall–Kier alpha value is -0.340. The number of aliphatic hydroxyl groups is 1. The number of hydrogen-bond acceptors (Lipinski definition) is 2. The molecule has 160 valence electrons. The molecule has 0 fully saturated rings. The lowest BCUT2D eigenvalue weighted by Gasteiger charge is -2.30. The van der Waals surface area contributed by atoms with Crippen LogP contribution >= 0.6 is 0 Å². The molecule has 0 aromatic heterocycles. The molecule has 0 saturated carbocycles. The highest BCUT2D eigenvalue weighted by Gasteiger charge is 2.17. The zero-order valence-corrected chi connectivity index (χ0v) is 18.6. The van der Waals surface area contributed by atoms with Crippen LogP contribution in [0.25, 0.3) is 0 Å². The Morgan fingerprint density at radius 1 is 0.815 bits per heavy atom. The van der Waals surface area contributed by atoms with Gasteiger partial charge in [-0.3, -0.25) is 4.90 Å². The van der Waals surface area contributed by atoms with Gasteiger partial charge >= 0.3 is 0 Å². The van der Waals surface area contributed by atoms with Gasteiger partial charge < -0.3 is 5.11 Å². The molecule has 1 N–H and O–H groups in total. The second kappa shape index (κ2) is 17.7. The van der Waals surface area contributed by atoms with Gasteiger partial charge in [0.1, 0.15) is 0 Å². The molecule has 0 bridgehead atoms. The van der Waals surface area contributed by atoms with Gasteiger partial charge in [-0.2, -0.15) is 0 Å². The van der Waals surface area contributed by atoms with Crippen LogP contribution in [0.5, 0.6) is 0 Å². The molecule has 2 nitrogen and oxygen atoms in total. The third-order valence-corrected chi connectivity index (χ3v) is 6.23. The molecule has 2 heteroatoms. The molecule has 0 aromatic carbocycles. The third kappa shape index (κ3) is 14.3. The fourth-order valence-electron chi connectivity index (χ4n) is 4.25. The Labute approximate surface area is 170 Å². The Balaban J connectivity index is 1.78. The van der Waals surface area contributed by atoms with Gasteiger partial charge in [-0.15, -0.1) is 0 Å². The molecule has 2 atom stereocenters. The summed E-state index contributed by atoms with van der Waals surface area (Å²) in [6, 6.07) is 0.449. The quantitative estimate of drug-likeness (QED) is 0.200. The van der Waals surface area contributed by atoms with E-state index in [9.17, 15) is 5.11 Å². The normalized spacial score (nSPS) is 18.9. The minimum Gasteiger partial charge on any atom is -0.393 e. The van der Waals surface area contributed by atoms with Crippen molar-refractivity contribution < 1.29 is 5.11 Å².